The van der Waals surface area contributed by atoms with Gasteiger partial charge in [0.1, 0.15) is 6.61 Å². The molecule has 7 nitrogen and oxygen atoms in total. The molecule has 0 unspecified atom stereocenters. The van der Waals surface area contributed by atoms with Gasteiger partial charge in [-0.05, 0) is 48.4 Å². The van der Waals surface area contributed by atoms with Gasteiger partial charge < -0.3 is 20.1 Å². The average molecular weight is 451 g/mol. The summed E-state index contributed by atoms with van der Waals surface area (Å²) in [7, 11) is 0. The van der Waals surface area contributed by atoms with E-state index in [9.17, 15) is 14.4 Å². The van der Waals surface area contributed by atoms with Gasteiger partial charge >= 0.3 is 12.1 Å². The van der Waals surface area contributed by atoms with E-state index in [-0.39, 0.29) is 37.2 Å². The lowest BCUT2D eigenvalue weighted by Crippen LogP contribution is -2.54. The summed E-state index contributed by atoms with van der Waals surface area (Å²) in [5.41, 5.74) is 3.88. The number of carbonyl (C=O) groups is 3. The molecule has 4 rings (SSSR count). The van der Waals surface area contributed by atoms with Crippen molar-refractivity contribution in [3.63, 3.8) is 0 Å². The molecule has 1 aliphatic heterocycles. The fourth-order valence-corrected chi connectivity index (χ4v) is 4.73. The van der Waals surface area contributed by atoms with Crippen LogP contribution < -0.4 is 5.32 Å². The number of carbonyl (C=O) groups excluding carboxylic acids is 2. The number of carboxylic acids is 1. The first-order valence-electron chi connectivity index (χ1n) is 11.4. The second-order valence-electron chi connectivity index (χ2n) is 9.61. The van der Waals surface area contributed by atoms with Crippen LogP contribution in [0, 0.1) is 5.92 Å². The first-order valence-corrected chi connectivity index (χ1v) is 11.4. The zero-order chi connectivity index (χ0) is 23.6. The van der Waals surface area contributed by atoms with Crippen molar-refractivity contribution in [1.29, 1.82) is 0 Å². The number of nitrogens with one attached hydrogen (secondary N) is 1. The van der Waals surface area contributed by atoms with E-state index in [1.54, 1.807) is 18.7 Å². The Labute approximate surface area is 193 Å². The summed E-state index contributed by atoms with van der Waals surface area (Å²) in [6.07, 6.45) is 0.322. The van der Waals surface area contributed by atoms with Crippen LogP contribution in [0.4, 0.5) is 4.79 Å². The molecule has 2 aromatic rings. The Bertz CT molecular complexity index is 1010. The third kappa shape index (κ3) is 5.18. The van der Waals surface area contributed by atoms with Crippen molar-refractivity contribution >= 4 is 18.0 Å². The Morgan fingerprint density at radius 1 is 1.03 bits per heavy atom. The van der Waals surface area contributed by atoms with Gasteiger partial charge in [0, 0.05) is 37.4 Å². The predicted molar refractivity (Wildman–Crippen MR) is 124 cm³/mol. The maximum atomic E-state index is 12.6. The van der Waals surface area contributed by atoms with E-state index in [2.05, 4.69) is 29.6 Å². The van der Waals surface area contributed by atoms with Crippen LogP contribution >= 0.6 is 0 Å². The SMILES string of the molecule is CC(C)(CC(=O)N1CC(CCC(=O)O)C1)NC(=O)OCC1c2ccccc2-c2ccccc21. The number of amides is 2. The molecule has 0 saturated carbocycles. The van der Waals surface area contributed by atoms with Crippen LogP contribution in [0.5, 0.6) is 0 Å². The Balaban J connectivity index is 1.28. The van der Waals surface area contributed by atoms with E-state index >= 15 is 0 Å². The van der Waals surface area contributed by atoms with Crippen LogP contribution in [0.15, 0.2) is 48.5 Å². The molecule has 33 heavy (non-hydrogen) atoms. The number of benzene rings is 2. The van der Waals surface area contributed by atoms with Crippen LogP contribution in [0.1, 0.15) is 50.2 Å². The van der Waals surface area contributed by atoms with Crippen LogP contribution in [0.3, 0.4) is 0 Å². The van der Waals surface area contributed by atoms with E-state index in [0.717, 1.165) is 11.1 Å². The molecule has 174 valence electrons. The maximum absolute atomic E-state index is 12.6. The fraction of sp³-hybridized carbons (Fsp3) is 0.423. The van der Waals surface area contributed by atoms with E-state index in [1.165, 1.54) is 11.1 Å². The number of ether oxygens (including phenoxy) is 1. The monoisotopic (exact) mass is 450 g/mol. The third-order valence-corrected chi connectivity index (χ3v) is 6.45. The van der Waals surface area contributed by atoms with Crippen LogP contribution in [0.25, 0.3) is 11.1 Å². The van der Waals surface area contributed by atoms with Gasteiger partial charge in [-0.2, -0.15) is 0 Å². The summed E-state index contributed by atoms with van der Waals surface area (Å²) < 4.78 is 5.60. The molecule has 2 N–H and O–H groups in total. The minimum absolute atomic E-state index is 0.0169. The number of carboxylic acid groups (broad SMARTS) is 1. The molecule has 7 heteroatoms. The van der Waals surface area contributed by atoms with Gasteiger partial charge in [0.15, 0.2) is 0 Å². The lowest BCUT2D eigenvalue weighted by Gasteiger charge is -2.41. The number of hydrogen-bond acceptors (Lipinski definition) is 4. The van der Waals surface area contributed by atoms with Crippen molar-refractivity contribution in [2.24, 2.45) is 5.92 Å². The van der Waals surface area contributed by atoms with Crippen LogP contribution in [-0.2, 0) is 14.3 Å². The summed E-state index contributed by atoms with van der Waals surface area (Å²) in [6, 6.07) is 16.3. The number of alkyl carbamates (subject to hydrolysis) is 1. The van der Waals surface area contributed by atoms with Crippen LogP contribution in [0.2, 0.25) is 0 Å². The minimum atomic E-state index is -0.812. The highest BCUT2D eigenvalue weighted by Crippen LogP contribution is 2.44. The maximum Gasteiger partial charge on any atom is 0.407 e. The molecular formula is C26H30N2O5. The minimum Gasteiger partial charge on any atom is -0.481 e. The molecule has 1 fully saturated rings. The zero-order valence-electron chi connectivity index (χ0n) is 19.0. The van der Waals surface area contributed by atoms with Gasteiger partial charge in [-0.1, -0.05) is 48.5 Å². The smallest absolute Gasteiger partial charge is 0.407 e. The summed E-state index contributed by atoms with van der Waals surface area (Å²) in [6.45, 7) is 4.98. The second kappa shape index (κ2) is 9.25. The van der Waals surface area contributed by atoms with Crippen LogP contribution in [-0.4, -0.2) is 53.2 Å². The van der Waals surface area contributed by atoms with Crippen molar-refractivity contribution in [3.05, 3.63) is 59.7 Å². The Morgan fingerprint density at radius 3 is 2.18 bits per heavy atom. The number of likely N-dealkylation sites (tertiary alicyclic amines) is 1. The van der Waals surface area contributed by atoms with Gasteiger partial charge in [-0.3, -0.25) is 9.59 Å². The molecule has 1 heterocycles. The van der Waals surface area contributed by atoms with Crippen molar-refractivity contribution in [2.75, 3.05) is 19.7 Å². The lowest BCUT2D eigenvalue weighted by atomic mass is 9.92. The van der Waals surface area contributed by atoms with Gasteiger partial charge in [0.25, 0.3) is 0 Å². The number of fused-ring (bicyclic) bond motifs is 3. The van der Waals surface area contributed by atoms with E-state index in [1.807, 2.05) is 24.3 Å². The Kier molecular flexibility index (Phi) is 6.40. The average Bonchev–Trinajstić information content (AvgIpc) is 3.04. The molecule has 2 amide bonds. The lowest BCUT2D eigenvalue weighted by molar-refractivity contribution is -0.140. The van der Waals surface area contributed by atoms with E-state index < -0.39 is 17.6 Å². The Morgan fingerprint density at radius 2 is 1.61 bits per heavy atom. The molecular weight excluding hydrogens is 420 g/mol. The van der Waals surface area contributed by atoms with E-state index in [4.69, 9.17) is 9.84 Å². The molecule has 0 aromatic heterocycles. The van der Waals surface area contributed by atoms with Gasteiger partial charge in [-0.25, -0.2) is 4.79 Å². The van der Waals surface area contributed by atoms with Crippen molar-refractivity contribution in [2.45, 2.75) is 44.6 Å². The Hall–Kier alpha value is -3.35. The van der Waals surface area contributed by atoms with Crippen molar-refractivity contribution in [1.82, 2.24) is 10.2 Å². The van der Waals surface area contributed by atoms with Gasteiger partial charge in [0.05, 0.1) is 0 Å². The predicted octanol–water partition coefficient (Wildman–Crippen LogP) is 4.02. The van der Waals surface area contributed by atoms with E-state index in [0.29, 0.717) is 19.5 Å². The summed E-state index contributed by atoms with van der Waals surface area (Å²) in [5, 5.41) is 11.6. The largest absolute Gasteiger partial charge is 0.481 e. The van der Waals surface area contributed by atoms with Crippen molar-refractivity contribution < 1.29 is 24.2 Å². The molecule has 2 aliphatic rings. The highest BCUT2D eigenvalue weighted by Gasteiger charge is 2.35. The zero-order valence-corrected chi connectivity index (χ0v) is 19.0. The first-order chi connectivity index (χ1) is 15.7. The normalized spacial score (nSPS) is 15.4. The molecule has 2 aromatic carbocycles. The number of hydrogen-bond donors (Lipinski definition) is 2. The standard InChI is InChI=1S/C26H30N2O5/c1-26(2,13-23(29)28-14-17(15-28)11-12-24(30)31)27-25(32)33-16-22-20-9-5-3-7-18(20)19-8-4-6-10-21(19)22/h3-10,17,22H,11-16H2,1-2H3,(H,27,32)(H,30,31). The number of rotatable bonds is 8. The number of aliphatic carboxylic acids is 1. The molecule has 0 bridgehead atoms. The highest BCUT2D eigenvalue weighted by molar-refractivity contribution is 5.80. The quantitative estimate of drug-likeness (QED) is 0.633. The van der Waals surface area contributed by atoms with Gasteiger partial charge in [0.2, 0.25) is 5.91 Å². The topological polar surface area (TPSA) is 95.9 Å². The molecule has 0 spiro atoms. The number of nitrogens with zero attached hydrogens (tertiary/aromatic N) is 1. The summed E-state index contributed by atoms with van der Waals surface area (Å²) in [5.74, 6) is -0.640. The summed E-state index contributed by atoms with van der Waals surface area (Å²) >= 11 is 0. The molecule has 1 saturated heterocycles. The van der Waals surface area contributed by atoms with Crippen molar-refractivity contribution in [3.8, 4) is 11.1 Å². The molecule has 0 radical (unpaired) electrons. The summed E-state index contributed by atoms with van der Waals surface area (Å²) in [4.78, 5) is 37.5. The molecule has 0 atom stereocenters. The second-order valence-corrected chi connectivity index (χ2v) is 9.61. The fourth-order valence-electron chi connectivity index (χ4n) is 4.73. The highest BCUT2D eigenvalue weighted by atomic mass is 16.5. The molecule has 1 aliphatic carbocycles. The first kappa shape index (κ1) is 22.8. The third-order valence-electron chi connectivity index (χ3n) is 6.45. The van der Waals surface area contributed by atoms with Gasteiger partial charge in [-0.15, -0.1) is 0 Å².